The van der Waals surface area contributed by atoms with Gasteiger partial charge in [0.15, 0.2) is 0 Å². The molecular weight excluding hydrogens is 432 g/mol. The zero-order chi connectivity index (χ0) is 24.7. The van der Waals surface area contributed by atoms with Gasteiger partial charge in [-0.05, 0) is 40.5 Å². The molecule has 1 aliphatic carbocycles. The van der Waals surface area contributed by atoms with Crippen LogP contribution in [-0.2, 0) is 14.3 Å². The maximum Gasteiger partial charge on any atom is 0.407 e. The summed E-state index contributed by atoms with van der Waals surface area (Å²) in [6.45, 7) is 6.23. The second-order valence-electron chi connectivity index (χ2n) is 9.12. The van der Waals surface area contributed by atoms with Gasteiger partial charge in [-0.2, -0.15) is 0 Å². The lowest BCUT2D eigenvalue weighted by Crippen LogP contribution is -2.50. The van der Waals surface area contributed by atoms with E-state index in [1.165, 1.54) is 0 Å². The number of ether oxygens (including phenoxy) is 1. The largest absolute Gasteiger partial charge is 0.481 e. The van der Waals surface area contributed by atoms with E-state index in [4.69, 9.17) is 9.84 Å². The SMILES string of the molecule is CCC(C)[C@H](NC(=O)OCC1c2ccccc2-c2ccccc21)C(=O)NCCC(C)CC(=O)O. The predicted octanol–water partition coefficient (Wildman–Crippen LogP) is 4.56. The second-order valence-corrected chi connectivity index (χ2v) is 9.12. The molecule has 2 aromatic rings. The topological polar surface area (TPSA) is 105 Å². The van der Waals surface area contributed by atoms with Gasteiger partial charge < -0.3 is 20.5 Å². The molecule has 0 spiro atoms. The van der Waals surface area contributed by atoms with Crippen LogP contribution in [0.3, 0.4) is 0 Å². The Morgan fingerprint density at radius 1 is 1.00 bits per heavy atom. The van der Waals surface area contributed by atoms with Crippen LogP contribution < -0.4 is 10.6 Å². The molecule has 1 aliphatic rings. The van der Waals surface area contributed by atoms with Crippen LogP contribution in [0, 0.1) is 11.8 Å². The lowest BCUT2D eigenvalue weighted by Gasteiger charge is -2.24. The van der Waals surface area contributed by atoms with E-state index in [2.05, 4.69) is 34.9 Å². The summed E-state index contributed by atoms with van der Waals surface area (Å²) in [6.07, 6.45) is 0.692. The van der Waals surface area contributed by atoms with Gasteiger partial charge in [0, 0.05) is 18.9 Å². The third kappa shape index (κ3) is 6.16. The molecule has 34 heavy (non-hydrogen) atoms. The summed E-state index contributed by atoms with van der Waals surface area (Å²) in [5, 5.41) is 14.4. The number of amides is 2. The number of rotatable bonds is 11. The molecule has 0 aliphatic heterocycles. The zero-order valence-corrected chi connectivity index (χ0v) is 20.0. The van der Waals surface area contributed by atoms with Crippen molar-refractivity contribution in [2.45, 2.75) is 52.0 Å². The van der Waals surface area contributed by atoms with Crippen LogP contribution in [0.25, 0.3) is 11.1 Å². The lowest BCUT2D eigenvalue weighted by atomic mass is 9.98. The molecule has 0 radical (unpaired) electrons. The van der Waals surface area contributed by atoms with Gasteiger partial charge in [-0.25, -0.2) is 4.79 Å². The maximum atomic E-state index is 12.8. The number of aliphatic carboxylic acids is 1. The van der Waals surface area contributed by atoms with Gasteiger partial charge in [-0.1, -0.05) is 75.7 Å². The quantitative estimate of drug-likeness (QED) is 0.450. The van der Waals surface area contributed by atoms with Crippen LogP contribution in [0.2, 0.25) is 0 Å². The lowest BCUT2D eigenvalue weighted by molar-refractivity contribution is -0.138. The van der Waals surface area contributed by atoms with Crippen LogP contribution in [0.1, 0.15) is 57.1 Å². The smallest absolute Gasteiger partial charge is 0.407 e. The van der Waals surface area contributed by atoms with Crippen molar-refractivity contribution in [2.75, 3.05) is 13.2 Å². The minimum absolute atomic E-state index is 0.0464. The Morgan fingerprint density at radius 2 is 1.59 bits per heavy atom. The summed E-state index contributed by atoms with van der Waals surface area (Å²) in [5.74, 6) is -1.32. The molecular formula is C27H34N2O5. The van der Waals surface area contributed by atoms with E-state index in [0.717, 1.165) is 22.3 Å². The first-order chi connectivity index (χ1) is 16.3. The van der Waals surface area contributed by atoms with Gasteiger partial charge in [0.2, 0.25) is 5.91 Å². The molecule has 0 saturated carbocycles. The fourth-order valence-corrected chi connectivity index (χ4v) is 4.42. The highest BCUT2D eigenvalue weighted by molar-refractivity contribution is 5.86. The molecule has 7 nitrogen and oxygen atoms in total. The first kappa shape index (κ1) is 25.3. The molecule has 0 fully saturated rings. The number of carbonyl (C=O) groups is 3. The van der Waals surface area contributed by atoms with E-state index in [1.807, 2.05) is 45.0 Å². The molecule has 3 N–H and O–H groups in total. The fraction of sp³-hybridized carbons (Fsp3) is 0.444. The van der Waals surface area contributed by atoms with Crippen molar-refractivity contribution in [1.82, 2.24) is 10.6 Å². The van der Waals surface area contributed by atoms with E-state index in [1.54, 1.807) is 0 Å². The predicted molar refractivity (Wildman–Crippen MR) is 130 cm³/mol. The molecule has 2 amide bonds. The summed E-state index contributed by atoms with van der Waals surface area (Å²) in [5.41, 5.74) is 4.56. The summed E-state index contributed by atoms with van der Waals surface area (Å²) in [6, 6.07) is 15.5. The highest BCUT2D eigenvalue weighted by atomic mass is 16.5. The highest BCUT2D eigenvalue weighted by Crippen LogP contribution is 2.44. The first-order valence-electron chi connectivity index (χ1n) is 11.9. The van der Waals surface area contributed by atoms with Gasteiger partial charge in [-0.15, -0.1) is 0 Å². The summed E-state index contributed by atoms with van der Waals surface area (Å²) >= 11 is 0. The van der Waals surface area contributed by atoms with Crippen molar-refractivity contribution in [1.29, 1.82) is 0 Å². The van der Waals surface area contributed by atoms with E-state index in [0.29, 0.717) is 19.4 Å². The van der Waals surface area contributed by atoms with Gasteiger partial charge in [0.25, 0.3) is 0 Å². The zero-order valence-electron chi connectivity index (χ0n) is 20.0. The van der Waals surface area contributed by atoms with Crippen LogP contribution >= 0.6 is 0 Å². The van der Waals surface area contributed by atoms with Crippen molar-refractivity contribution >= 4 is 18.0 Å². The number of carbonyl (C=O) groups excluding carboxylic acids is 2. The Hall–Kier alpha value is -3.35. The molecule has 3 atom stereocenters. The number of nitrogens with one attached hydrogen (secondary N) is 2. The number of hydrogen-bond donors (Lipinski definition) is 3. The van der Waals surface area contributed by atoms with Gasteiger partial charge in [0.05, 0.1) is 0 Å². The summed E-state index contributed by atoms with van der Waals surface area (Å²) in [4.78, 5) is 36.3. The Kier molecular flexibility index (Phi) is 8.68. The molecule has 0 saturated heterocycles. The Balaban J connectivity index is 1.58. The molecule has 2 aromatic carbocycles. The average molecular weight is 467 g/mol. The number of benzene rings is 2. The molecule has 2 unspecified atom stereocenters. The number of hydrogen-bond acceptors (Lipinski definition) is 4. The maximum absolute atomic E-state index is 12.8. The number of carboxylic acids is 1. The minimum atomic E-state index is -0.853. The van der Waals surface area contributed by atoms with Gasteiger partial charge in [-0.3, -0.25) is 9.59 Å². The van der Waals surface area contributed by atoms with Crippen molar-refractivity contribution in [3.63, 3.8) is 0 Å². The molecule has 7 heteroatoms. The van der Waals surface area contributed by atoms with Crippen LogP contribution in [0.15, 0.2) is 48.5 Å². The average Bonchev–Trinajstić information content (AvgIpc) is 3.14. The standard InChI is InChI=1S/C27H34N2O5/c1-4-18(3)25(26(32)28-14-13-17(2)15-24(30)31)29-27(33)34-16-23-21-11-7-5-9-19(21)20-10-6-8-12-22(20)23/h5-12,17-18,23,25H,4,13-16H2,1-3H3,(H,28,32)(H,29,33)(H,30,31)/t17?,18?,25-/m0/s1. The monoisotopic (exact) mass is 466 g/mol. The third-order valence-corrected chi connectivity index (χ3v) is 6.57. The van der Waals surface area contributed by atoms with Crippen molar-refractivity contribution in [3.05, 3.63) is 59.7 Å². The number of alkyl carbamates (subject to hydrolysis) is 1. The first-order valence-corrected chi connectivity index (χ1v) is 11.9. The van der Waals surface area contributed by atoms with E-state index >= 15 is 0 Å². The molecule has 182 valence electrons. The Bertz CT molecular complexity index is 976. The highest BCUT2D eigenvalue weighted by Gasteiger charge is 2.30. The Morgan fingerprint density at radius 3 is 2.15 bits per heavy atom. The Labute approximate surface area is 200 Å². The van der Waals surface area contributed by atoms with Crippen molar-refractivity contribution < 1.29 is 24.2 Å². The van der Waals surface area contributed by atoms with Gasteiger partial charge >= 0.3 is 12.1 Å². The van der Waals surface area contributed by atoms with Crippen LogP contribution in [0.4, 0.5) is 4.79 Å². The van der Waals surface area contributed by atoms with E-state index < -0.39 is 18.1 Å². The van der Waals surface area contributed by atoms with Crippen molar-refractivity contribution in [3.8, 4) is 11.1 Å². The van der Waals surface area contributed by atoms with Crippen LogP contribution in [0.5, 0.6) is 0 Å². The second kappa shape index (κ2) is 11.7. The summed E-state index contributed by atoms with van der Waals surface area (Å²) in [7, 11) is 0. The number of fused-ring (bicyclic) bond motifs is 3. The van der Waals surface area contributed by atoms with Crippen molar-refractivity contribution in [2.24, 2.45) is 11.8 Å². The van der Waals surface area contributed by atoms with E-state index in [9.17, 15) is 14.4 Å². The minimum Gasteiger partial charge on any atom is -0.481 e. The fourth-order valence-electron chi connectivity index (χ4n) is 4.42. The normalized spacial score (nSPS) is 14.9. The molecule has 0 heterocycles. The van der Waals surface area contributed by atoms with Gasteiger partial charge in [0.1, 0.15) is 12.6 Å². The van der Waals surface area contributed by atoms with Crippen LogP contribution in [-0.4, -0.2) is 42.3 Å². The molecule has 0 aromatic heterocycles. The molecule has 3 rings (SSSR count). The van der Waals surface area contributed by atoms with E-state index in [-0.39, 0.29) is 36.7 Å². The third-order valence-electron chi connectivity index (χ3n) is 6.57. The number of carboxylic acid groups (broad SMARTS) is 1. The molecule has 0 bridgehead atoms. The summed E-state index contributed by atoms with van der Waals surface area (Å²) < 4.78 is 5.61.